The molecule has 0 aromatic heterocycles. The Morgan fingerprint density at radius 1 is 1.00 bits per heavy atom. The number of halogens is 3. The maximum Gasteiger partial charge on any atom is 0.261 e. The number of hydrogen-bond donors (Lipinski definition) is 1. The van der Waals surface area contributed by atoms with Crippen LogP contribution in [0.4, 0.5) is 0 Å². The molecule has 8 heteroatoms. The molecule has 0 bridgehead atoms. The van der Waals surface area contributed by atoms with E-state index in [4.69, 9.17) is 39.5 Å². The Balaban J connectivity index is 2.23. The van der Waals surface area contributed by atoms with E-state index in [0.29, 0.717) is 27.2 Å². The Kier molecular flexibility index (Phi) is 9.94. The molecule has 0 radical (unpaired) electrons. The number of benzene rings is 2. The summed E-state index contributed by atoms with van der Waals surface area (Å²) in [6.45, 7) is 5.78. The second-order valence-electron chi connectivity index (χ2n) is 7.25. The van der Waals surface area contributed by atoms with Gasteiger partial charge in [0, 0.05) is 17.6 Å². The minimum atomic E-state index is -0.648. The first-order valence-electron chi connectivity index (χ1n) is 10.2. The van der Waals surface area contributed by atoms with Crippen LogP contribution in [0.1, 0.15) is 39.2 Å². The van der Waals surface area contributed by atoms with E-state index in [1.165, 1.54) is 4.90 Å². The van der Waals surface area contributed by atoms with Crippen LogP contribution in [-0.4, -0.2) is 35.4 Å². The second kappa shape index (κ2) is 12.2. The number of nitrogens with one attached hydrogen (secondary N) is 1. The predicted octanol–water partition coefficient (Wildman–Crippen LogP) is 5.75. The van der Waals surface area contributed by atoms with Gasteiger partial charge in [-0.15, -0.1) is 0 Å². The molecule has 2 amide bonds. The van der Waals surface area contributed by atoms with Crippen LogP contribution in [0, 0.1) is 0 Å². The molecule has 2 aromatic rings. The first-order chi connectivity index (χ1) is 14.7. The Labute approximate surface area is 198 Å². The third kappa shape index (κ3) is 7.60. The molecule has 0 aliphatic heterocycles. The number of carbonyl (C=O) groups is 2. The zero-order valence-corrected chi connectivity index (χ0v) is 20.1. The molecule has 0 heterocycles. The Morgan fingerprint density at radius 3 is 2.26 bits per heavy atom. The van der Waals surface area contributed by atoms with Gasteiger partial charge in [-0.25, -0.2) is 0 Å². The molecule has 0 aliphatic carbocycles. The largest absolute Gasteiger partial charge is 0.484 e. The van der Waals surface area contributed by atoms with E-state index in [9.17, 15) is 9.59 Å². The van der Waals surface area contributed by atoms with Gasteiger partial charge in [0.1, 0.15) is 11.8 Å². The van der Waals surface area contributed by atoms with Crippen LogP contribution < -0.4 is 10.1 Å². The lowest BCUT2D eigenvalue weighted by atomic mass is 10.1. The molecule has 31 heavy (non-hydrogen) atoms. The first-order valence-corrected chi connectivity index (χ1v) is 11.3. The quantitative estimate of drug-likeness (QED) is 0.466. The molecule has 2 rings (SSSR count). The van der Waals surface area contributed by atoms with Gasteiger partial charge in [-0.05, 0) is 61.7 Å². The average Bonchev–Trinajstić information content (AvgIpc) is 2.75. The monoisotopic (exact) mass is 484 g/mol. The van der Waals surface area contributed by atoms with Gasteiger partial charge in [-0.1, -0.05) is 54.7 Å². The smallest absolute Gasteiger partial charge is 0.261 e. The minimum Gasteiger partial charge on any atom is -0.484 e. The summed E-state index contributed by atoms with van der Waals surface area (Å²) in [5.41, 5.74) is 0.768. The second-order valence-corrected chi connectivity index (χ2v) is 8.51. The molecule has 2 aromatic carbocycles. The maximum absolute atomic E-state index is 13.1. The van der Waals surface area contributed by atoms with Crippen molar-refractivity contribution in [1.82, 2.24) is 10.2 Å². The van der Waals surface area contributed by atoms with E-state index in [1.54, 1.807) is 42.5 Å². The number of nitrogens with zero attached hydrogens (tertiary/aromatic N) is 1. The van der Waals surface area contributed by atoms with E-state index in [0.717, 1.165) is 12.0 Å². The van der Waals surface area contributed by atoms with Crippen molar-refractivity contribution in [3.8, 4) is 5.75 Å². The van der Waals surface area contributed by atoms with E-state index in [-0.39, 0.29) is 31.0 Å². The number of ether oxygens (including phenoxy) is 1. The highest BCUT2D eigenvalue weighted by Gasteiger charge is 2.29. The fourth-order valence-electron chi connectivity index (χ4n) is 2.95. The highest BCUT2D eigenvalue weighted by molar-refractivity contribution is 6.42. The molecule has 0 fully saturated rings. The Bertz CT molecular complexity index is 890. The minimum absolute atomic E-state index is 0.00814. The van der Waals surface area contributed by atoms with E-state index >= 15 is 0 Å². The third-order valence-corrected chi connectivity index (χ3v) is 5.89. The number of carbonyl (C=O) groups excluding carboxylic acids is 2. The van der Waals surface area contributed by atoms with Crippen molar-refractivity contribution < 1.29 is 14.3 Å². The lowest BCUT2D eigenvalue weighted by Crippen LogP contribution is -2.51. The Morgan fingerprint density at radius 2 is 1.68 bits per heavy atom. The fourth-order valence-corrected chi connectivity index (χ4v) is 3.40. The van der Waals surface area contributed by atoms with Crippen LogP contribution >= 0.6 is 34.8 Å². The summed E-state index contributed by atoms with van der Waals surface area (Å²) < 4.78 is 5.63. The van der Waals surface area contributed by atoms with Gasteiger partial charge in [-0.3, -0.25) is 9.59 Å². The highest BCUT2D eigenvalue weighted by atomic mass is 35.5. The van der Waals surface area contributed by atoms with Crippen LogP contribution in [0.2, 0.25) is 15.1 Å². The molecular formula is C23H27Cl3N2O3. The third-order valence-electron chi connectivity index (χ3n) is 4.90. The fraction of sp³-hybridized carbons (Fsp3) is 0.391. The molecule has 5 nitrogen and oxygen atoms in total. The van der Waals surface area contributed by atoms with Gasteiger partial charge in [0.25, 0.3) is 5.91 Å². The van der Waals surface area contributed by atoms with E-state index in [1.807, 2.05) is 20.8 Å². The summed E-state index contributed by atoms with van der Waals surface area (Å²) in [6, 6.07) is 11.3. The molecule has 0 unspecified atom stereocenters. The predicted molar refractivity (Wildman–Crippen MR) is 126 cm³/mol. The van der Waals surface area contributed by atoms with Gasteiger partial charge in [-0.2, -0.15) is 0 Å². The molecule has 0 saturated carbocycles. The molecule has 0 aliphatic rings. The molecule has 0 spiro atoms. The van der Waals surface area contributed by atoms with Gasteiger partial charge in [0.05, 0.1) is 10.0 Å². The summed E-state index contributed by atoms with van der Waals surface area (Å²) in [7, 11) is 0. The van der Waals surface area contributed by atoms with Crippen molar-refractivity contribution in [2.24, 2.45) is 0 Å². The lowest BCUT2D eigenvalue weighted by molar-refractivity contribution is -0.143. The number of rotatable bonds is 10. The van der Waals surface area contributed by atoms with Crippen LogP contribution in [0.15, 0.2) is 42.5 Å². The van der Waals surface area contributed by atoms with Crippen LogP contribution in [0.25, 0.3) is 0 Å². The summed E-state index contributed by atoms with van der Waals surface area (Å²) in [4.78, 5) is 27.6. The molecule has 0 saturated heterocycles. The summed E-state index contributed by atoms with van der Waals surface area (Å²) >= 11 is 18.1. The van der Waals surface area contributed by atoms with Crippen LogP contribution in [-0.2, 0) is 16.1 Å². The normalized spacial score (nSPS) is 12.7. The van der Waals surface area contributed by atoms with Crippen molar-refractivity contribution in [3.05, 3.63) is 63.1 Å². The first kappa shape index (κ1) is 25.3. The summed E-state index contributed by atoms with van der Waals surface area (Å²) in [5.74, 6) is 0.00766. The van der Waals surface area contributed by atoms with Gasteiger partial charge in [0.15, 0.2) is 6.61 Å². The summed E-state index contributed by atoms with van der Waals surface area (Å²) in [6.07, 6.45) is 1.25. The average molecular weight is 486 g/mol. The van der Waals surface area contributed by atoms with Gasteiger partial charge >= 0.3 is 0 Å². The molecule has 168 valence electrons. The summed E-state index contributed by atoms with van der Waals surface area (Å²) in [5, 5.41) is 4.36. The lowest BCUT2D eigenvalue weighted by Gasteiger charge is -2.31. The topological polar surface area (TPSA) is 58.6 Å². The van der Waals surface area contributed by atoms with Crippen LogP contribution in [0.5, 0.6) is 5.75 Å². The zero-order valence-electron chi connectivity index (χ0n) is 17.8. The van der Waals surface area contributed by atoms with Crippen molar-refractivity contribution >= 4 is 46.6 Å². The maximum atomic E-state index is 13.1. The Hall–Kier alpha value is -1.95. The number of amides is 2. The molecule has 2 atom stereocenters. The van der Waals surface area contributed by atoms with E-state index < -0.39 is 6.04 Å². The van der Waals surface area contributed by atoms with Gasteiger partial charge < -0.3 is 15.0 Å². The molecular weight excluding hydrogens is 459 g/mol. The zero-order chi connectivity index (χ0) is 23.0. The SMILES string of the molecule is CC[C@@H](C)NC(=O)[C@@H](CC)N(Cc1ccc(Cl)c(Cl)c1)C(=O)COc1ccc(Cl)cc1. The number of hydrogen-bond acceptors (Lipinski definition) is 3. The van der Waals surface area contributed by atoms with Crippen LogP contribution in [0.3, 0.4) is 0 Å². The highest BCUT2D eigenvalue weighted by Crippen LogP contribution is 2.24. The molecule has 1 N–H and O–H groups in total. The van der Waals surface area contributed by atoms with Gasteiger partial charge in [0.2, 0.25) is 5.91 Å². The van der Waals surface area contributed by atoms with Crippen molar-refractivity contribution in [2.75, 3.05) is 6.61 Å². The van der Waals surface area contributed by atoms with Crippen molar-refractivity contribution in [1.29, 1.82) is 0 Å². The van der Waals surface area contributed by atoms with Crippen molar-refractivity contribution in [3.63, 3.8) is 0 Å². The standard InChI is InChI=1S/C23H27Cl3N2O3/c1-4-15(3)27-23(30)21(5-2)28(13-16-6-11-19(25)20(26)12-16)22(29)14-31-18-9-7-17(24)8-10-18/h6-12,15,21H,4-5,13-14H2,1-3H3,(H,27,30)/t15-,21-/m1/s1. The van der Waals surface area contributed by atoms with E-state index in [2.05, 4.69) is 5.32 Å². The van der Waals surface area contributed by atoms with Crippen molar-refractivity contribution in [2.45, 2.75) is 52.2 Å².